The van der Waals surface area contributed by atoms with Crippen LogP contribution < -0.4 is 11.3 Å². The number of nitrogens with two attached hydrogens (primary N) is 1. The molecule has 0 radical (unpaired) electrons. The number of likely N-dealkylation sites (tertiary alicyclic amines) is 1. The normalized spacial score (nSPS) is 15.1. The molecule has 4 N–H and O–H groups in total. The molecule has 5 rings (SSSR count). The van der Waals surface area contributed by atoms with Crippen molar-refractivity contribution >= 4 is 33.7 Å². The lowest BCUT2D eigenvalue weighted by Crippen LogP contribution is -2.41. The first-order chi connectivity index (χ1) is 17.0. The van der Waals surface area contributed by atoms with Gasteiger partial charge in [0.1, 0.15) is 22.6 Å². The van der Waals surface area contributed by atoms with Crippen LogP contribution in [-0.2, 0) is 4.74 Å². The van der Waals surface area contributed by atoms with Gasteiger partial charge in [0, 0.05) is 35.7 Å². The number of hydrogen-bond donors (Lipinski definition) is 3. The molecule has 0 spiro atoms. The summed E-state index contributed by atoms with van der Waals surface area (Å²) in [4.78, 5) is 34.8. The van der Waals surface area contributed by atoms with E-state index < -0.39 is 17.0 Å². The third kappa shape index (κ3) is 4.16. The Hall–Kier alpha value is -3.95. The van der Waals surface area contributed by atoms with Crippen LogP contribution in [0.25, 0.3) is 33.1 Å². The summed E-state index contributed by atoms with van der Waals surface area (Å²) in [6, 6.07) is 4.82. The number of pyridine rings is 2. The van der Waals surface area contributed by atoms with Crippen LogP contribution in [0.3, 0.4) is 0 Å². The van der Waals surface area contributed by atoms with E-state index in [0.717, 1.165) is 24.1 Å². The Labute approximate surface area is 206 Å². The number of carbonyl (C=O) groups is 1. The van der Waals surface area contributed by atoms with Crippen LogP contribution in [0.2, 0.25) is 0 Å². The Kier molecular flexibility index (Phi) is 5.69. The summed E-state index contributed by atoms with van der Waals surface area (Å²) in [5.41, 5.74) is 9.51. The Balaban J connectivity index is 1.56. The fraction of sp³-hybridized carbons (Fsp3) is 0.385. The van der Waals surface area contributed by atoms with Crippen molar-refractivity contribution in [3.63, 3.8) is 0 Å². The number of aromatic nitrogens is 4. The van der Waals surface area contributed by atoms with Crippen molar-refractivity contribution in [1.82, 2.24) is 25.1 Å². The number of rotatable bonds is 2. The molecule has 0 saturated carbocycles. The summed E-state index contributed by atoms with van der Waals surface area (Å²) >= 11 is 0. The number of halogens is 1. The van der Waals surface area contributed by atoms with Crippen LogP contribution in [0, 0.1) is 12.7 Å². The van der Waals surface area contributed by atoms with Crippen LogP contribution in [0.5, 0.6) is 0 Å². The maximum atomic E-state index is 14.3. The van der Waals surface area contributed by atoms with Gasteiger partial charge in [0.2, 0.25) is 0 Å². The molecule has 1 saturated heterocycles. The highest BCUT2D eigenvalue weighted by Gasteiger charge is 2.29. The monoisotopic (exact) mass is 492 g/mol. The minimum atomic E-state index is -0.543. The fourth-order valence-electron chi connectivity index (χ4n) is 4.91. The van der Waals surface area contributed by atoms with Crippen molar-refractivity contribution in [1.29, 1.82) is 0 Å². The van der Waals surface area contributed by atoms with E-state index in [1.807, 2.05) is 33.8 Å². The molecule has 1 aliphatic heterocycles. The van der Waals surface area contributed by atoms with Crippen molar-refractivity contribution < 1.29 is 13.9 Å². The van der Waals surface area contributed by atoms with Gasteiger partial charge in [-0.25, -0.2) is 14.2 Å². The predicted octanol–water partition coefficient (Wildman–Crippen LogP) is 4.61. The molecular formula is C26H29FN6O3. The van der Waals surface area contributed by atoms with Crippen molar-refractivity contribution in [2.24, 2.45) is 0 Å². The van der Waals surface area contributed by atoms with Crippen molar-refractivity contribution in [3.8, 4) is 11.1 Å². The Morgan fingerprint density at radius 3 is 2.67 bits per heavy atom. The number of hydrogen-bond acceptors (Lipinski definition) is 6. The van der Waals surface area contributed by atoms with E-state index in [0.29, 0.717) is 40.6 Å². The lowest BCUT2D eigenvalue weighted by molar-refractivity contribution is 0.0204. The molecule has 10 heteroatoms. The molecule has 1 aliphatic rings. The summed E-state index contributed by atoms with van der Waals surface area (Å²) in [6.45, 7) is 8.65. The van der Waals surface area contributed by atoms with Gasteiger partial charge in [-0.3, -0.25) is 9.89 Å². The molecule has 1 aromatic carbocycles. The average molecular weight is 493 g/mol. The molecule has 4 heterocycles. The molecule has 0 atom stereocenters. The number of nitrogen functional groups attached to an aromatic ring is 1. The van der Waals surface area contributed by atoms with Crippen LogP contribution in [0.1, 0.15) is 50.8 Å². The minimum absolute atomic E-state index is 0.0126. The van der Waals surface area contributed by atoms with Gasteiger partial charge < -0.3 is 20.4 Å². The quantitative estimate of drug-likeness (QED) is 0.375. The highest BCUT2D eigenvalue weighted by molar-refractivity contribution is 6.06. The number of piperidine rings is 1. The van der Waals surface area contributed by atoms with Gasteiger partial charge in [0.05, 0.1) is 17.2 Å². The van der Waals surface area contributed by atoms with Gasteiger partial charge >= 0.3 is 6.09 Å². The number of nitrogens with zero attached hydrogens (tertiary/aromatic N) is 3. The zero-order valence-corrected chi connectivity index (χ0v) is 20.7. The Morgan fingerprint density at radius 1 is 1.25 bits per heavy atom. The first-order valence-electron chi connectivity index (χ1n) is 12.0. The summed E-state index contributed by atoms with van der Waals surface area (Å²) in [7, 11) is 0. The molecule has 3 aromatic heterocycles. The predicted molar refractivity (Wildman–Crippen MR) is 136 cm³/mol. The van der Waals surface area contributed by atoms with Crippen LogP contribution in [-0.4, -0.2) is 49.8 Å². The number of amides is 1. The maximum absolute atomic E-state index is 14.3. The molecule has 1 fully saturated rings. The van der Waals surface area contributed by atoms with E-state index in [9.17, 15) is 14.0 Å². The Morgan fingerprint density at radius 2 is 1.97 bits per heavy atom. The number of anilines is 1. The van der Waals surface area contributed by atoms with Gasteiger partial charge in [-0.2, -0.15) is 5.10 Å². The van der Waals surface area contributed by atoms with Gasteiger partial charge in [0.25, 0.3) is 5.56 Å². The molecule has 0 aliphatic carbocycles. The van der Waals surface area contributed by atoms with Gasteiger partial charge in [-0.05, 0) is 63.8 Å². The van der Waals surface area contributed by atoms with Crippen molar-refractivity contribution in [2.45, 2.75) is 52.1 Å². The number of H-pyrrole nitrogens is 2. The van der Waals surface area contributed by atoms with Crippen LogP contribution in [0.4, 0.5) is 14.9 Å². The Bertz CT molecular complexity index is 1540. The van der Waals surface area contributed by atoms with E-state index in [4.69, 9.17) is 15.5 Å². The van der Waals surface area contributed by atoms with Crippen molar-refractivity contribution in [2.75, 3.05) is 18.8 Å². The molecule has 4 aromatic rings. The first kappa shape index (κ1) is 23.8. The number of aryl methyl sites for hydroxylation is 1. The SMILES string of the molecule is Cc1cc2[nH]c(=O)c(N)c(-c3ccc(F)c4[nH]ncc34)c2nc1C1CCN(C(=O)OC(C)(C)C)CC1. The first-order valence-corrected chi connectivity index (χ1v) is 12.0. The molecule has 1 amide bonds. The number of nitrogens with one attached hydrogen (secondary N) is 2. The second-order valence-electron chi connectivity index (χ2n) is 10.3. The van der Waals surface area contributed by atoms with Crippen LogP contribution >= 0.6 is 0 Å². The largest absolute Gasteiger partial charge is 0.444 e. The fourth-order valence-corrected chi connectivity index (χ4v) is 4.91. The lowest BCUT2D eigenvalue weighted by Gasteiger charge is -2.33. The second-order valence-corrected chi connectivity index (χ2v) is 10.3. The third-order valence-corrected chi connectivity index (χ3v) is 6.62. The van der Waals surface area contributed by atoms with E-state index >= 15 is 0 Å². The number of ether oxygens (including phenoxy) is 1. The molecular weight excluding hydrogens is 463 g/mol. The maximum Gasteiger partial charge on any atom is 0.410 e. The van der Waals surface area contributed by atoms with E-state index in [2.05, 4.69) is 15.2 Å². The highest BCUT2D eigenvalue weighted by atomic mass is 19.1. The summed E-state index contributed by atoms with van der Waals surface area (Å²) in [5.74, 6) is -0.323. The van der Waals surface area contributed by atoms with Crippen molar-refractivity contribution in [3.05, 3.63) is 51.8 Å². The number of aromatic amines is 2. The molecule has 0 unspecified atom stereocenters. The molecule has 36 heavy (non-hydrogen) atoms. The topological polar surface area (TPSA) is 130 Å². The summed E-state index contributed by atoms with van der Waals surface area (Å²) in [6.07, 6.45) is 2.67. The van der Waals surface area contributed by atoms with Gasteiger partial charge in [0.15, 0.2) is 0 Å². The zero-order valence-electron chi connectivity index (χ0n) is 20.7. The van der Waals surface area contributed by atoms with E-state index in [1.165, 1.54) is 12.3 Å². The second kappa shape index (κ2) is 8.61. The number of carbonyl (C=O) groups excluding carboxylic acids is 1. The van der Waals surface area contributed by atoms with Crippen LogP contribution in [0.15, 0.2) is 29.2 Å². The molecule has 9 nitrogen and oxygen atoms in total. The smallest absolute Gasteiger partial charge is 0.410 e. The lowest BCUT2D eigenvalue weighted by atomic mass is 9.90. The van der Waals surface area contributed by atoms with Gasteiger partial charge in [-0.1, -0.05) is 6.07 Å². The highest BCUT2D eigenvalue weighted by Crippen LogP contribution is 2.38. The standard InChI is InChI=1S/C26H29FN6O3/c1-13-11-18-23(31-21(13)14-7-9-33(10-8-14)25(35)36-26(2,3)4)19(20(28)24(34)30-18)15-5-6-17(27)22-16(15)12-29-32-22/h5-6,11-12,14H,7-10,28H2,1-4H3,(H,29,32)(H,30,34). The molecule has 188 valence electrons. The number of fused-ring (bicyclic) bond motifs is 2. The minimum Gasteiger partial charge on any atom is -0.444 e. The van der Waals surface area contributed by atoms with E-state index in [1.54, 1.807) is 11.0 Å². The molecule has 0 bridgehead atoms. The average Bonchev–Trinajstić information content (AvgIpc) is 3.31. The number of benzene rings is 1. The van der Waals surface area contributed by atoms with Gasteiger partial charge in [-0.15, -0.1) is 0 Å². The zero-order chi connectivity index (χ0) is 25.8. The third-order valence-electron chi connectivity index (χ3n) is 6.62. The van der Waals surface area contributed by atoms with E-state index in [-0.39, 0.29) is 23.2 Å². The summed E-state index contributed by atoms with van der Waals surface area (Å²) in [5, 5.41) is 7.16. The summed E-state index contributed by atoms with van der Waals surface area (Å²) < 4.78 is 19.8.